The van der Waals surface area contributed by atoms with Gasteiger partial charge in [0.05, 0.1) is 19.8 Å². The molecule has 4 nitrogen and oxygen atoms in total. The van der Waals surface area contributed by atoms with Crippen LogP contribution in [0.5, 0.6) is 5.75 Å². The molecule has 1 heterocycles. The Morgan fingerprint density at radius 1 is 1.42 bits per heavy atom. The van der Waals surface area contributed by atoms with Crippen molar-refractivity contribution in [1.82, 2.24) is 4.90 Å². The number of aliphatic hydroxyl groups excluding tert-OH is 1. The van der Waals surface area contributed by atoms with Crippen LogP contribution in [-0.2, 0) is 4.79 Å². The number of piperidine rings is 1. The molecule has 1 aliphatic rings. The minimum atomic E-state index is -0.639. The van der Waals surface area contributed by atoms with Crippen molar-refractivity contribution in [2.45, 2.75) is 25.9 Å². The number of likely N-dealkylation sites (tertiary alicyclic amines) is 1. The van der Waals surface area contributed by atoms with Gasteiger partial charge in [0.15, 0.2) is 0 Å². The van der Waals surface area contributed by atoms with Gasteiger partial charge in [0, 0.05) is 12.5 Å². The summed E-state index contributed by atoms with van der Waals surface area (Å²) in [6, 6.07) is 7.31. The van der Waals surface area contributed by atoms with E-state index in [9.17, 15) is 9.90 Å². The number of carbonyl (C=O) groups is 1. The first-order valence-electron chi connectivity index (χ1n) is 6.72. The second kappa shape index (κ2) is 6.06. The topological polar surface area (TPSA) is 49.8 Å². The molecule has 2 rings (SSSR count). The van der Waals surface area contributed by atoms with Crippen LogP contribution in [0.25, 0.3) is 0 Å². The zero-order chi connectivity index (χ0) is 13.8. The molecule has 1 amide bonds. The second-order valence-electron chi connectivity index (χ2n) is 5.12. The fraction of sp³-hybridized carbons (Fsp3) is 0.533. The van der Waals surface area contributed by atoms with Gasteiger partial charge in [-0.3, -0.25) is 4.79 Å². The molecule has 0 radical (unpaired) electrons. The van der Waals surface area contributed by atoms with Crippen molar-refractivity contribution in [1.29, 1.82) is 0 Å². The lowest BCUT2D eigenvalue weighted by molar-refractivity contribution is -0.139. The highest BCUT2D eigenvalue weighted by atomic mass is 16.5. The van der Waals surface area contributed by atoms with Gasteiger partial charge >= 0.3 is 0 Å². The van der Waals surface area contributed by atoms with Crippen molar-refractivity contribution in [3.8, 4) is 5.75 Å². The van der Waals surface area contributed by atoms with Crippen LogP contribution < -0.4 is 4.74 Å². The van der Waals surface area contributed by atoms with Crippen molar-refractivity contribution >= 4 is 5.91 Å². The standard InChI is InChI=1S/C15H21NO3/c1-11-4-3-9-16(15(11)18)10-14(17)12-5-7-13(19-2)8-6-12/h5-8,11,14,17H,3-4,9-10H2,1-2H3. The van der Waals surface area contributed by atoms with E-state index in [1.807, 2.05) is 31.2 Å². The number of carbonyl (C=O) groups excluding carboxylic acids is 1. The van der Waals surface area contributed by atoms with Crippen molar-refractivity contribution in [2.75, 3.05) is 20.2 Å². The molecular weight excluding hydrogens is 242 g/mol. The van der Waals surface area contributed by atoms with Gasteiger partial charge in [0.25, 0.3) is 0 Å². The van der Waals surface area contributed by atoms with E-state index in [0.29, 0.717) is 6.54 Å². The smallest absolute Gasteiger partial charge is 0.225 e. The van der Waals surface area contributed by atoms with Gasteiger partial charge in [-0.1, -0.05) is 19.1 Å². The molecule has 0 aromatic heterocycles. The van der Waals surface area contributed by atoms with Crippen LogP contribution in [0.15, 0.2) is 24.3 Å². The van der Waals surface area contributed by atoms with Gasteiger partial charge in [-0.05, 0) is 30.5 Å². The Hall–Kier alpha value is -1.55. The summed E-state index contributed by atoms with van der Waals surface area (Å²) >= 11 is 0. The molecular formula is C15H21NO3. The summed E-state index contributed by atoms with van der Waals surface area (Å²) in [5.41, 5.74) is 0.812. The predicted octanol–water partition coefficient (Wildman–Crippen LogP) is 1.99. The first kappa shape index (κ1) is 13.9. The molecule has 2 atom stereocenters. The third kappa shape index (κ3) is 3.26. The summed E-state index contributed by atoms with van der Waals surface area (Å²) < 4.78 is 5.08. The third-order valence-electron chi connectivity index (χ3n) is 3.69. The summed E-state index contributed by atoms with van der Waals surface area (Å²) in [6.45, 7) is 3.07. The summed E-state index contributed by atoms with van der Waals surface area (Å²) in [7, 11) is 1.61. The van der Waals surface area contributed by atoms with Crippen molar-refractivity contribution in [2.24, 2.45) is 5.92 Å². The Labute approximate surface area is 114 Å². The highest BCUT2D eigenvalue weighted by Crippen LogP contribution is 2.22. The molecule has 0 spiro atoms. The van der Waals surface area contributed by atoms with Gasteiger partial charge in [-0.2, -0.15) is 0 Å². The van der Waals surface area contributed by atoms with Crippen LogP contribution in [0.4, 0.5) is 0 Å². The molecule has 1 aromatic carbocycles. The van der Waals surface area contributed by atoms with Crippen LogP contribution in [0.1, 0.15) is 31.4 Å². The van der Waals surface area contributed by atoms with Crippen LogP contribution >= 0.6 is 0 Å². The Bertz CT molecular complexity index is 430. The number of benzene rings is 1. The van der Waals surface area contributed by atoms with Crippen molar-refractivity contribution in [3.05, 3.63) is 29.8 Å². The molecule has 2 unspecified atom stereocenters. The number of methoxy groups -OCH3 is 1. The quantitative estimate of drug-likeness (QED) is 0.903. The van der Waals surface area contributed by atoms with E-state index in [-0.39, 0.29) is 11.8 Å². The lowest BCUT2D eigenvalue weighted by atomic mass is 9.98. The summed E-state index contributed by atoms with van der Waals surface area (Å²) in [5, 5.41) is 10.2. The number of aliphatic hydroxyl groups is 1. The van der Waals surface area contributed by atoms with Gasteiger partial charge in [-0.15, -0.1) is 0 Å². The van der Waals surface area contributed by atoms with Gasteiger partial charge in [-0.25, -0.2) is 0 Å². The molecule has 19 heavy (non-hydrogen) atoms. The van der Waals surface area contributed by atoms with Crippen molar-refractivity contribution < 1.29 is 14.6 Å². The highest BCUT2D eigenvalue weighted by Gasteiger charge is 2.26. The molecule has 104 valence electrons. The van der Waals surface area contributed by atoms with Crippen LogP contribution in [-0.4, -0.2) is 36.1 Å². The van der Waals surface area contributed by atoms with Crippen LogP contribution in [0, 0.1) is 5.92 Å². The fourth-order valence-corrected chi connectivity index (χ4v) is 2.46. The Kier molecular flexibility index (Phi) is 4.43. The zero-order valence-corrected chi connectivity index (χ0v) is 11.5. The molecule has 4 heteroatoms. The van der Waals surface area contributed by atoms with Crippen molar-refractivity contribution in [3.63, 3.8) is 0 Å². The maximum Gasteiger partial charge on any atom is 0.225 e. The lowest BCUT2D eigenvalue weighted by Gasteiger charge is -2.32. The lowest BCUT2D eigenvalue weighted by Crippen LogP contribution is -2.42. The highest BCUT2D eigenvalue weighted by molar-refractivity contribution is 5.79. The number of rotatable bonds is 4. The van der Waals surface area contributed by atoms with Gasteiger partial charge in [0.1, 0.15) is 5.75 Å². The van der Waals surface area contributed by atoms with E-state index in [2.05, 4.69) is 0 Å². The number of hydrogen-bond acceptors (Lipinski definition) is 3. The van der Waals surface area contributed by atoms with Crippen LogP contribution in [0.3, 0.4) is 0 Å². The largest absolute Gasteiger partial charge is 0.497 e. The SMILES string of the molecule is COc1ccc(C(O)CN2CCCC(C)C2=O)cc1. The summed E-state index contributed by atoms with van der Waals surface area (Å²) in [4.78, 5) is 13.8. The number of nitrogens with zero attached hydrogens (tertiary/aromatic N) is 1. The molecule has 0 bridgehead atoms. The minimum absolute atomic E-state index is 0.0804. The number of hydrogen-bond donors (Lipinski definition) is 1. The Morgan fingerprint density at radius 3 is 2.74 bits per heavy atom. The van der Waals surface area contributed by atoms with E-state index in [1.54, 1.807) is 12.0 Å². The summed E-state index contributed by atoms with van der Waals surface area (Å²) in [6.07, 6.45) is 1.33. The third-order valence-corrected chi connectivity index (χ3v) is 3.69. The fourth-order valence-electron chi connectivity index (χ4n) is 2.46. The van der Waals surface area contributed by atoms with E-state index in [1.165, 1.54) is 0 Å². The molecule has 1 fully saturated rings. The number of β-amino-alcohol motifs (C(OH)–C–C–N with tert-alkyl or cyclic N) is 1. The first-order valence-corrected chi connectivity index (χ1v) is 6.72. The van der Waals surface area contributed by atoms with E-state index in [0.717, 1.165) is 30.7 Å². The molecule has 0 saturated carbocycles. The van der Waals surface area contributed by atoms with Gasteiger partial charge < -0.3 is 14.7 Å². The second-order valence-corrected chi connectivity index (χ2v) is 5.12. The number of amides is 1. The average molecular weight is 263 g/mol. The Morgan fingerprint density at radius 2 is 2.11 bits per heavy atom. The maximum absolute atomic E-state index is 12.0. The molecule has 0 aliphatic carbocycles. The zero-order valence-electron chi connectivity index (χ0n) is 11.5. The number of ether oxygens (including phenoxy) is 1. The van der Waals surface area contributed by atoms with E-state index in [4.69, 9.17) is 4.74 Å². The monoisotopic (exact) mass is 263 g/mol. The van der Waals surface area contributed by atoms with Crippen LogP contribution in [0.2, 0.25) is 0 Å². The molecule has 1 N–H and O–H groups in total. The maximum atomic E-state index is 12.0. The molecule has 1 aromatic rings. The van der Waals surface area contributed by atoms with Gasteiger partial charge in [0.2, 0.25) is 5.91 Å². The minimum Gasteiger partial charge on any atom is -0.497 e. The first-order chi connectivity index (χ1) is 9.11. The normalized spacial score (nSPS) is 21.3. The molecule has 1 saturated heterocycles. The Balaban J connectivity index is 1.99. The van der Waals surface area contributed by atoms with E-state index < -0.39 is 6.10 Å². The average Bonchev–Trinajstić information content (AvgIpc) is 2.44. The summed E-state index contributed by atoms with van der Waals surface area (Å²) in [5.74, 6) is 0.995. The molecule has 1 aliphatic heterocycles. The van der Waals surface area contributed by atoms with E-state index >= 15 is 0 Å². The predicted molar refractivity (Wildman–Crippen MR) is 72.9 cm³/mol.